The quantitative estimate of drug-likeness (QED) is 0.756. The molecule has 2 nitrogen and oxygen atoms in total. The highest BCUT2D eigenvalue weighted by atomic mass is 32.1. The van der Waals surface area contributed by atoms with E-state index >= 15 is 0 Å². The van der Waals surface area contributed by atoms with Crippen LogP contribution in [0.15, 0.2) is 35.7 Å². The number of H-pyrrole nitrogens is 1. The first kappa shape index (κ1) is 11.4. The molecule has 0 amide bonds. The van der Waals surface area contributed by atoms with E-state index in [0.29, 0.717) is 5.52 Å². The van der Waals surface area contributed by atoms with E-state index in [1.54, 1.807) is 17.4 Å². The number of hydrogen-bond donors (Lipinski definition) is 1. The van der Waals surface area contributed by atoms with E-state index in [0.717, 1.165) is 30.6 Å². The van der Waals surface area contributed by atoms with Crippen LogP contribution in [0.5, 0.6) is 0 Å². The predicted octanol–water partition coefficient (Wildman–Crippen LogP) is 3.94. The Hall–Kier alpha value is -1.68. The minimum Gasteiger partial charge on any atom is -0.342 e. The van der Waals surface area contributed by atoms with Crippen molar-refractivity contribution in [2.45, 2.75) is 19.3 Å². The van der Waals surface area contributed by atoms with Gasteiger partial charge in [0.1, 0.15) is 11.3 Å². The van der Waals surface area contributed by atoms with Crippen LogP contribution in [-0.4, -0.2) is 9.97 Å². The van der Waals surface area contributed by atoms with Crippen LogP contribution >= 0.6 is 11.3 Å². The van der Waals surface area contributed by atoms with E-state index in [1.807, 2.05) is 6.07 Å². The van der Waals surface area contributed by atoms with Gasteiger partial charge in [0.25, 0.3) is 0 Å². The number of nitrogens with zero attached hydrogens (tertiary/aromatic N) is 1. The Morgan fingerprint density at radius 3 is 2.89 bits per heavy atom. The number of nitrogens with one attached hydrogen (secondary N) is 1. The highest BCUT2D eigenvalue weighted by molar-refractivity contribution is 7.09. The zero-order chi connectivity index (χ0) is 12.4. The van der Waals surface area contributed by atoms with Crippen LogP contribution in [0.25, 0.3) is 11.0 Å². The van der Waals surface area contributed by atoms with Gasteiger partial charge in [-0.25, -0.2) is 9.37 Å². The van der Waals surface area contributed by atoms with Crippen molar-refractivity contribution in [3.05, 3.63) is 52.2 Å². The molecule has 0 spiro atoms. The fourth-order valence-corrected chi connectivity index (χ4v) is 2.80. The number of halogens is 1. The topological polar surface area (TPSA) is 28.7 Å². The minimum atomic E-state index is -0.256. The summed E-state index contributed by atoms with van der Waals surface area (Å²) >= 11 is 1.77. The molecule has 4 heteroatoms. The first-order valence-electron chi connectivity index (χ1n) is 5.98. The van der Waals surface area contributed by atoms with Crippen molar-refractivity contribution in [1.82, 2.24) is 9.97 Å². The van der Waals surface area contributed by atoms with Gasteiger partial charge in [-0.1, -0.05) is 12.1 Å². The van der Waals surface area contributed by atoms with Crippen LogP contribution in [0.1, 0.15) is 17.1 Å². The molecule has 1 aromatic carbocycles. The van der Waals surface area contributed by atoms with Crippen molar-refractivity contribution in [2.24, 2.45) is 0 Å². The summed E-state index contributed by atoms with van der Waals surface area (Å²) in [6, 6.07) is 9.21. The molecule has 0 unspecified atom stereocenters. The standard InChI is InChI=1S/C14H13FN2S/c15-11-6-2-7-12-14(11)17-13(16-12)8-1-4-10-5-3-9-18-10/h2-3,5-7,9H,1,4,8H2,(H,16,17). The molecule has 0 bridgehead atoms. The van der Waals surface area contributed by atoms with Crippen LogP contribution in [0, 0.1) is 5.82 Å². The largest absolute Gasteiger partial charge is 0.342 e. The molecule has 3 rings (SSSR count). The second kappa shape index (κ2) is 4.90. The Bertz CT molecular complexity index is 643. The molecular formula is C14H13FN2S. The van der Waals surface area contributed by atoms with Gasteiger partial charge in [-0.05, 0) is 36.4 Å². The van der Waals surface area contributed by atoms with Crippen LogP contribution < -0.4 is 0 Å². The normalized spacial score (nSPS) is 11.2. The number of thiophene rings is 1. The molecule has 2 heterocycles. The zero-order valence-electron chi connectivity index (χ0n) is 9.82. The Kier molecular flexibility index (Phi) is 3.11. The fourth-order valence-electron chi connectivity index (χ4n) is 2.05. The maximum Gasteiger partial charge on any atom is 0.151 e. The Balaban J connectivity index is 1.69. The third-order valence-electron chi connectivity index (χ3n) is 2.93. The van der Waals surface area contributed by atoms with Gasteiger partial charge in [-0.15, -0.1) is 11.3 Å². The summed E-state index contributed by atoms with van der Waals surface area (Å²) in [6.45, 7) is 0. The lowest BCUT2D eigenvalue weighted by Gasteiger charge is -1.95. The van der Waals surface area contributed by atoms with E-state index < -0.39 is 0 Å². The number of aromatic amines is 1. The van der Waals surface area contributed by atoms with Gasteiger partial charge in [0.15, 0.2) is 5.82 Å². The molecule has 0 atom stereocenters. The van der Waals surface area contributed by atoms with Gasteiger partial charge >= 0.3 is 0 Å². The van der Waals surface area contributed by atoms with Crippen molar-refractivity contribution in [3.63, 3.8) is 0 Å². The van der Waals surface area contributed by atoms with E-state index in [1.165, 1.54) is 10.9 Å². The first-order valence-corrected chi connectivity index (χ1v) is 6.86. The summed E-state index contributed by atoms with van der Waals surface area (Å²) in [7, 11) is 0. The molecule has 1 N–H and O–H groups in total. The van der Waals surface area contributed by atoms with Crippen molar-refractivity contribution >= 4 is 22.4 Å². The van der Waals surface area contributed by atoms with E-state index in [-0.39, 0.29) is 5.82 Å². The average Bonchev–Trinajstić information content (AvgIpc) is 2.98. The molecule has 92 valence electrons. The first-order chi connectivity index (χ1) is 8.83. The van der Waals surface area contributed by atoms with Crippen molar-refractivity contribution in [1.29, 1.82) is 0 Å². The summed E-state index contributed by atoms with van der Waals surface area (Å²) in [5.41, 5.74) is 1.23. The second-order valence-electron chi connectivity index (χ2n) is 4.25. The number of rotatable bonds is 4. The van der Waals surface area contributed by atoms with Gasteiger partial charge in [-0.3, -0.25) is 0 Å². The lowest BCUT2D eigenvalue weighted by atomic mass is 10.2. The number of imidazole rings is 1. The fraction of sp³-hybridized carbons (Fsp3) is 0.214. The van der Waals surface area contributed by atoms with Crippen molar-refractivity contribution in [2.75, 3.05) is 0 Å². The van der Waals surface area contributed by atoms with Crippen LogP contribution in [-0.2, 0) is 12.8 Å². The molecule has 3 aromatic rings. The predicted molar refractivity (Wildman–Crippen MR) is 72.4 cm³/mol. The average molecular weight is 260 g/mol. The molecule has 0 saturated heterocycles. The second-order valence-corrected chi connectivity index (χ2v) is 5.28. The molecule has 0 aliphatic carbocycles. The molecule has 0 saturated carbocycles. The van der Waals surface area contributed by atoms with Gasteiger partial charge < -0.3 is 4.98 Å². The van der Waals surface area contributed by atoms with E-state index in [9.17, 15) is 4.39 Å². The molecule has 2 aromatic heterocycles. The Labute approximate surface area is 108 Å². The maximum absolute atomic E-state index is 13.5. The zero-order valence-corrected chi connectivity index (χ0v) is 10.6. The summed E-state index contributed by atoms with van der Waals surface area (Å²) < 4.78 is 13.5. The number of aromatic nitrogens is 2. The molecule has 0 radical (unpaired) electrons. The summed E-state index contributed by atoms with van der Waals surface area (Å²) in [5.74, 6) is 0.611. The third kappa shape index (κ3) is 2.29. The molecule has 18 heavy (non-hydrogen) atoms. The molecule has 0 fully saturated rings. The van der Waals surface area contributed by atoms with Gasteiger partial charge in [0.2, 0.25) is 0 Å². The highest BCUT2D eigenvalue weighted by Gasteiger charge is 2.06. The van der Waals surface area contributed by atoms with Gasteiger partial charge in [-0.2, -0.15) is 0 Å². The number of para-hydroxylation sites is 1. The minimum absolute atomic E-state index is 0.256. The molecule has 0 aliphatic rings. The van der Waals surface area contributed by atoms with Gasteiger partial charge in [0, 0.05) is 11.3 Å². The van der Waals surface area contributed by atoms with Crippen molar-refractivity contribution < 1.29 is 4.39 Å². The Morgan fingerprint density at radius 1 is 1.17 bits per heavy atom. The van der Waals surface area contributed by atoms with Gasteiger partial charge in [0.05, 0.1) is 5.52 Å². The molecular weight excluding hydrogens is 247 g/mol. The lowest BCUT2D eigenvalue weighted by Crippen LogP contribution is -1.90. The van der Waals surface area contributed by atoms with E-state index in [4.69, 9.17) is 0 Å². The molecule has 0 aliphatic heterocycles. The lowest BCUT2D eigenvalue weighted by molar-refractivity contribution is 0.637. The summed E-state index contributed by atoms with van der Waals surface area (Å²) in [4.78, 5) is 8.86. The van der Waals surface area contributed by atoms with Crippen LogP contribution in [0.3, 0.4) is 0 Å². The van der Waals surface area contributed by atoms with Crippen LogP contribution in [0.4, 0.5) is 4.39 Å². The Morgan fingerprint density at radius 2 is 2.11 bits per heavy atom. The monoisotopic (exact) mass is 260 g/mol. The summed E-state index contributed by atoms with van der Waals surface area (Å²) in [6.07, 6.45) is 2.94. The van der Waals surface area contributed by atoms with Crippen LogP contribution in [0.2, 0.25) is 0 Å². The summed E-state index contributed by atoms with van der Waals surface area (Å²) in [5, 5.41) is 2.09. The van der Waals surface area contributed by atoms with Crippen molar-refractivity contribution in [3.8, 4) is 0 Å². The number of aryl methyl sites for hydroxylation is 2. The highest BCUT2D eigenvalue weighted by Crippen LogP contribution is 2.17. The smallest absolute Gasteiger partial charge is 0.151 e. The van der Waals surface area contributed by atoms with E-state index in [2.05, 4.69) is 27.5 Å². The SMILES string of the molecule is Fc1cccc2[nH]c(CCCc3cccs3)nc12. The maximum atomic E-state index is 13.5. The number of fused-ring (bicyclic) bond motifs is 1. The number of benzene rings is 1. The number of hydrogen-bond acceptors (Lipinski definition) is 2. The third-order valence-corrected chi connectivity index (χ3v) is 3.87.